The molecule has 0 spiro atoms. The van der Waals surface area contributed by atoms with Crippen LogP contribution in [0.4, 0.5) is 5.69 Å². The van der Waals surface area contributed by atoms with Gasteiger partial charge >= 0.3 is 0 Å². The van der Waals surface area contributed by atoms with Crippen LogP contribution in [0.3, 0.4) is 0 Å². The number of nitrogens with one attached hydrogen (secondary N) is 2. The molecule has 2 aromatic carbocycles. The van der Waals surface area contributed by atoms with Gasteiger partial charge in [0.25, 0.3) is 0 Å². The van der Waals surface area contributed by atoms with Gasteiger partial charge in [0, 0.05) is 16.6 Å². The Hall–Kier alpha value is -2.65. The van der Waals surface area contributed by atoms with Crippen molar-refractivity contribution in [3.8, 4) is 5.75 Å². The number of nitrogens with zero attached hydrogens (tertiary/aromatic N) is 2. The zero-order valence-electron chi connectivity index (χ0n) is 19.3. The number of amides is 2. The lowest BCUT2D eigenvalue weighted by molar-refractivity contribution is -0.123. The summed E-state index contributed by atoms with van der Waals surface area (Å²) in [4.78, 5) is 24.9. The second-order valence-corrected chi connectivity index (χ2v) is 9.99. The van der Waals surface area contributed by atoms with E-state index in [-0.39, 0.29) is 18.2 Å². The molecule has 34 heavy (non-hydrogen) atoms. The molecule has 1 aliphatic rings. The molecule has 1 aliphatic heterocycles. The summed E-state index contributed by atoms with van der Waals surface area (Å²) in [6, 6.07) is 15.0. The molecule has 0 unspecified atom stereocenters. The van der Waals surface area contributed by atoms with E-state index in [1.807, 2.05) is 43.3 Å². The highest BCUT2D eigenvalue weighted by Gasteiger charge is 2.30. The molecule has 1 fully saturated rings. The second-order valence-electron chi connectivity index (χ2n) is 7.88. The summed E-state index contributed by atoms with van der Waals surface area (Å²) in [5.41, 5.74) is 2.27. The Kier molecular flexibility index (Phi) is 10.2. The van der Waals surface area contributed by atoms with Crippen LogP contribution in [0, 0.1) is 0 Å². The van der Waals surface area contributed by atoms with Gasteiger partial charge in [-0.25, -0.2) is 0 Å². The smallest absolute Gasteiger partial charge is 0.238 e. The Balaban J connectivity index is 1.55. The summed E-state index contributed by atoms with van der Waals surface area (Å²) in [5.74, 6) is 0.254. The number of hydrogen-bond donors (Lipinski definition) is 2. The highest BCUT2D eigenvalue weighted by atomic mass is 79.9. The van der Waals surface area contributed by atoms with Gasteiger partial charge in [0.2, 0.25) is 11.8 Å². The Bertz CT molecular complexity index is 1040. The van der Waals surface area contributed by atoms with Crippen molar-refractivity contribution in [2.45, 2.75) is 51.2 Å². The van der Waals surface area contributed by atoms with Gasteiger partial charge in [-0.15, -0.1) is 5.10 Å². The first-order chi connectivity index (χ1) is 16.4. The normalized spacial score (nSPS) is 17.4. The van der Waals surface area contributed by atoms with Crippen molar-refractivity contribution in [2.75, 3.05) is 11.9 Å². The van der Waals surface area contributed by atoms with Gasteiger partial charge in [0.05, 0.1) is 12.3 Å². The largest absolute Gasteiger partial charge is 0.494 e. The number of benzene rings is 2. The zero-order chi connectivity index (χ0) is 24.3. The summed E-state index contributed by atoms with van der Waals surface area (Å²) < 4.78 is 6.72. The second kappa shape index (κ2) is 13.3. The van der Waals surface area contributed by atoms with Gasteiger partial charge in [-0.2, -0.15) is 5.10 Å². The van der Waals surface area contributed by atoms with Crippen molar-refractivity contribution in [2.24, 2.45) is 10.2 Å². The summed E-state index contributed by atoms with van der Waals surface area (Å²) in [7, 11) is 0. The maximum Gasteiger partial charge on any atom is 0.238 e. The Morgan fingerprint density at radius 3 is 2.59 bits per heavy atom. The fourth-order valence-corrected chi connectivity index (χ4v) is 4.38. The first-order valence-corrected chi connectivity index (χ1v) is 13.0. The quantitative estimate of drug-likeness (QED) is 0.226. The molecule has 3 rings (SSSR count). The minimum absolute atomic E-state index is 0.0733. The van der Waals surface area contributed by atoms with Crippen molar-refractivity contribution in [3.05, 3.63) is 58.6 Å². The Morgan fingerprint density at radius 1 is 1.15 bits per heavy atom. The van der Waals surface area contributed by atoms with E-state index >= 15 is 0 Å². The van der Waals surface area contributed by atoms with E-state index in [2.05, 4.69) is 43.7 Å². The molecule has 7 nitrogen and oxygen atoms in total. The molecule has 2 amide bonds. The molecular formula is C25H29BrN4O3S. The topological polar surface area (TPSA) is 92.1 Å². The van der Waals surface area contributed by atoms with Crippen molar-refractivity contribution >= 4 is 56.1 Å². The minimum atomic E-state index is -0.592. The molecule has 1 saturated heterocycles. The Labute approximate surface area is 213 Å². The van der Waals surface area contributed by atoms with Crippen molar-refractivity contribution in [1.29, 1.82) is 0 Å². The molecule has 2 aromatic rings. The van der Waals surface area contributed by atoms with E-state index in [1.165, 1.54) is 24.6 Å². The van der Waals surface area contributed by atoms with Crippen LogP contribution < -0.4 is 15.4 Å². The lowest BCUT2D eigenvalue weighted by atomic mass is 10.1. The third-order valence-electron chi connectivity index (χ3n) is 5.10. The van der Waals surface area contributed by atoms with Gasteiger partial charge in [-0.3, -0.25) is 9.59 Å². The molecule has 1 atom stereocenters. The van der Waals surface area contributed by atoms with Crippen LogP contribution in [-0.2, 0) is 9.59 Å². The number of halogens is 1. The molecule has 9 heteroatoms. The average molecular weight is 546 g/mol. The van der Waals surface area contributed by atoms with Gasteiger partial charge in [-0.05, 0) is 55.3 Å². The van der Waals surface area contributed by atoms with E-state index in [0.29, 0.717) is 23.2 Å². The molecule has 0 radical (unpaired) electrons. The highest BCUT2D eigenvalue weighted by Crippen LogP contribution is 2.24. The fraction of sp³-hybridized carbons (Fsp3) is 0.360. The molecular weight excluding hydrogens is 516 g/mol. The number of carbonyl (C=O) groups excluding carboxylic acids is 2. The lowest BCUT2D eigenvalue weighted by Crippen LogP contribution is -2.41. The molecule has 1 heterocycles. The van der Waals surface area contributed by atoms with E-state index in [4.69, 9.17) is 4.74 Å². The summed E-state index contributed by atoms with van der Waals surface area (Å²) in [6.07, 6.45) is 4.68. The van der Waals surface area contributed by atoms with Gasteiger partial charge in [-0.1, -0.05) is 66.0 Å². The zero-order valence-corrected chi connectivity index (χ0v) is 21.7. The number of carbonyl (C=O) groups is 2. The van der Waals surface area contributed by atoms with Gasteiger partial charge in [0.1, 0.15) is 11.0 Å². The van der Waals surface area contributed by atoms with Crippen LogP contribution in [0.5, 0.6) is 5.75 Å². The molecule has 180 valence electrons. The SMILES string of the molecule is CCCCCCOc1ccc(NC(=O)[C@@H]2CC(=O)N/C(=N/N=C(/C)c3ccc(Br)cc3)S2)cc1. The number of ether oxygens (including phenoxy) is 1. The molecule has 2 N–H and O–H groups in total. The molecule has 0 aliphatic carbocycles. The molecule has 0 saturated carbocycles. The number of amidine groups is 1. The third kappa shape index (κ3) is 8.29. The van der Waals surface area contributed by atoms with Crippen molar-refractivity contribution < 1.29 is 14.3 Å². The van der Waals surface area contributed by atoms with E-state index < -0.39 is 5.25 Å². The minimum Gasteiger partial charge on any atom is -0.494 e. The number of thioether (sulfide) groups is 1. The number of hydrogen-bond acceptors (Lipinski definition) is 6. The van der Waals surface area contributed by atoms with Crippen LogP contribution >= 0.6 is 27.7 Å². The predicted octanol–water partition coefficient (Wildman–Crippen LogP) is 5.75. The number of rotatable bonds is 10. The average Bonchev–Trinajstić information content (AvgIpc) is 2.83. The van der Waals surface area contributed by atoms with Crippen LogP contribution in [0.2, 0.25) is 0 Å². The van der Waals surface area contributed by atoms with Crippen LogP contribution in [-0.4, -0.2) is 34.6 Å². The summed E-state index contributed by atoms with van der Waals surface area (Å²) in [6.45, 7) is 4.71. The summed E-state index contributed by atoms with van der Waals surface area (Å²) in [5, 5.41) is 13.6. The fourth-order valence-electron chi connectivity index (χ4n) is 3.18. The van der Waals surface area contributed by atoms with Crippen LogP contribution in [0.1, 0.15) is 51.5 Å². The van der Waals surface area contributed by atoms with Gasteiger partial charge < -0.3 is 15.4 Å². The number of unbranched alkanes of at least 4 members (excludes halogenated alkanes) is 3. The molecule has 0 bridgehead atoms. The standard InChI is InChI=1S/C25H29BrN4O3S/c1-3-4-5-6-15-33-21-13-11-20(12-14-21)27-24(32)22-16-23(31)28-25(34-22)30-29-17(2)18-7-9-19(26)10-8-18/h7-14,22H,3-6,15-16H2,1-2H3,(H,27,32)(H,28,30,31)/b29-17-/t22-/m0/s1. The maximum atomic E-state index is 12.8. The van der Waals surface area contributed by atoms with E-state index in [0.717, 1.165) is 28.6 Å². The third-order valence-corrected chi connectivity index (χ3v) is 6.71. The maximum absolute atomic E-state index is 12.8. The highest BCUT2D eigenvalue weighted by molar-refractivity contribution is 9.10. The number of anilines is 1. The first-order valence-electron chi connectivity index (χ1n) is 11.3. The van der Waals surface area contributed by atoms with Gasteiger partial charge in [0.15, 0.2) is 5.17 Å². The first kappa shape index (κ1) is 26.0. The lowest BCUT2D eigenvalue weighted by Gasteiger charge is -2.21. The van der Waals surface area contributed by atoms with Crippen molar-refractivity contribution in [3.63, 3.8) is 0 Å². The molecule has 0 aromatic heterocycles. The monoisotopic (exact) mass is 544 g/mol. The van der Waals surface area contributed by atoms with Crippen LogP contribution in [0.25, 0.3) is 0 Å². The van der Waals surface area contributed by atoms with E-state index in [9.17, 15) is 9.59 Å². The summed E-state index contributed by atoms with van der Waals surface area (Å²) >= 11 is 4.59. The van der Waals surface area contributed by atoms with E-state index in [1.54, 1.807) is 12.1 Å². The van der Waals surface area contributed by atoms with Crippen LogP contribution in [0.15, 0.2) is 63.2 Å². The Morgan fingerprint density at radius 2 is 1.88 bits per heavy atom. The predicted molar refractivity (Wildman–Crippen MR) is 143 cm³/mol. The van der Waals surface area contributed by atoms with Crippen molar-refractivity contribution in [1.82, 2.24) is 5.32 Å².